The zero-order valence-electron chi connectivity index (χ0n) is 42.7. The van der Waals surface area contributed by atoms with Crippen molar-refractivity contribution in [3.8, 4) is 0 Å². The number of carbonyl (C=O) groups excluding carboxylic acids is 2. The maximum atomic E-state index is 12.6. The second-order valence-corrected chi connectivity index (χ2v) is 20.3. The number of phosphoric ester groups is 1. The van der Waals surface area contributed by atoms with Crippen LogP contribution in [0.25, 0.3) is 0 Å². The Morgan fingerprint density at radius 2 is 0.800 bits per heavy atom. The van der Waals surface area contributed by atoms with Crippen LogP contribution in [0.1, 0.15) is 284 Å². The molecule has 2 atom stereocenters. The van der Waals surface area contributed by atoms with Crippen molar-refractivity contribution in [2.75, 3.05) is 26.4 Å². The lowest BCUT2D eigenvalue weighted by molar-refractivity contribution is -0.161. The number of allylic oxidation sites excluding steroid dienone is 4. The van der Waals surface area contributed by atoms with E-state index in [-0.39, 0.29) is 38.6 Å². The minimum Gasteiger partial charge on any atom is -0.462 e. The first-order chi connectivity index (χ1) is 31.8. The molecule has 3 N–H and O–H groups in total. The summed E-state index contributed by atoms with van der Waals surface area (Å²) in [6.07, 6.45) is 60.5. The molecule has 0 aromatic rings. The second-order valence-electron chi connectivity index (χ2n) is 18.8. The van der Waals surface area contributed by atoms with Crippen molar-refractivity contribution < 1.29 is 37.6 Å². The number of hydrogen-bond acceptors (Lipinski definition) is 8. The van der Waals surface area contributed by atoms with Crippen LogP contribution in [0.2, 0.25) is 0 Å². The van der Waals surface area contributed by atoms with Crippen molar-refractivity contribution in [2.45, 2.75) is 290 Å². The smallest absolute Gasteiger partial charge is 0.462 e. The summed E-state index contributed by atoms with van der Waals surface area (Å²) in [6.45, 7) is 3.66. The number of esters is 2. The van der Waals surface area contributed by atoms with Crippen LogP contribution in [-0.2, 0) is 32.7 Å². The van der Waals surface area contributed by atoms with Gasteiger partial charge in [0, 0.05) is 19.4 Å². The van der Waals surface area contributed by atoms with E-state index in [9.17, 15) is 19.0 Å². The molecule has 0 radical (unpaired) electrons. The monoisotopic (exact) mass is 940 g/mol. The van der Waals surface area contributed by atoms with Crippen LogP contribution in [0, 0.1) is 0 Å². The molecule has 0 aliphatic rings. The van der Waals surface area contributed by atoms with Gasteiger partial charge in [-0.3, -0.25) is 18.6 Å². The molecule has 0 aliphatic carbocycles. The SMILES string of the molecule is CCCCCCC/C=C\C/C=C\CCCCCCCCCCCCCCCCCCCCCCCCCCCCCC(=O)OC(COC(=O)CCCCCCC)COP(=O)(O)OCCN. The lowest BCUT2D eigenvalue weighted by atomic mass is 10.0. The number of ether oxygens (including phenoxy) is 2. The van der Waals surface area contributed by atoms with Crippen LogP contribution < -0.4 is 5.73 Å². The molecule has 0 saturated heterocycles. The summed E-state index contributed by atoms with van der Waals surface area (Å²) >= 11 is 0. The predicted molar refractivity (Wildman–Crippen MR) is 275 cm³/mol. The molecule has 0 heterocycles. The van der Waals surface area contributed by atoms with E-state index in [0.29, 0.717) is 6.42 Å². The van der Waals surface area contributed by atoms with Crippen LogP contribution in [0.4, 0.5) is 0 Å². The van der Waals surface area contributed by atoms with E-state index in [1.54, 1.807) is 0 Å². The van der Waals surface area contributed by atoms with Crippen molar-refractivity contribution in [3.63, 3.8) is 0 Å². The first-order valence-electron chi connectivity index (χ1n) is 27.8. The van der Waals surface area contributed by atoms with E-state index in [0.717, 1.165) is 51.4 Å². The van der Waals surface area contributed by atoms with Crippen molar-refractivity contribution in [1.82, 2.24) is 0 Å². The average Bonchev–Trinajstić information content (AvgIpc) is 3.30. The van der Waals surface area contributed by atoms with Crippen LogP contribution in [0.3, 0.4) is 0 Å². The molecule has 384 valence electrons. The minimum absolute atomic E-state index is 0.0563. The molecule has 0 aromatic carbocycles. The van der Waals surface area contributed by atoms with E-state index < -0.39 is 26.5 Å². The topological polar surface area (TPSA) is 134 Å². The molecule has 0 bridgehead atoms. The highest BCUT2D eigenvalue weighted by Gasteiger charge is 2.26. The molecule has 0 saturated carbocycles. The summed E-state index contributed by atoms with van der Waals surface area (Å²) < 4.78 is 32.6. The molecule has 65 heavy (non-hydrogen) atoms. The van der Waals surface area contributed by atoms with Gasteiger partial charge < -0.3 is 20.1 Å². The van der Waals surface area contributed by atoms with E-state index >= 15 is 0 Å². The van der Waals surface area contributed by atoms with Crippen molar-refractivity contribution in [3.05, 3.63) is 24.3 Å². The molecule has 0 spiro atoms. The Morgan fingerprint density at radius 3 is 1.17 bits per heavy atom. The molecule has 10 heteroatoms. The normalized spacial score (nSPS) is 13.2. The van der Waals surface area contributed by atoms with E-state index in [2.05, 4.69) is 38.2 Å². The first kappa shape index (κ1) is 63.5. The van der Waals surface area contributed by atoms with Gasteiger partial charge in [0.05, 0.1) is 13.2 Å². The Morgan fingerprint density at radius 1 is 0.462 bits per heavy atom. The lowest BCUT2D eigenvalue weighted by Crippen LogP contribution is -2.29. The number of rotatable bonds is 53. The van der Waals surface area contributed by atoms with Gasteiger partial charge in [0.15, 0.2) is 6.10 Å². The number of carbonyl (C=O) groups is 2. The second kappa shape index (κ2) is 51.9. The summed E-state index contributed by atoms with van der Waals surface area (Å²) in [6, 6.07) is 0. The van der Waals surface area contributed by atoms with Crippen LogP contribution in [0.5, 0.6) is 0 Å². The Hall–Kier alpha value is -1.51. The summed E-state index contributed by atoms with van der Waals surface area (Å²) in [5, 5.41) is 0. The third-order valence-electron chi connectivity index (χ3n) is 12.3. The molecule has 0 aromatic heterocycles. The Kier molecular flexibility index (Phi) is 50.7. The van der Waals surface area contributed by atoms with Gasteiger partial charge in [-0.1, -0.05) is 250 Å². The standard InChI is InChI=1S/C55H106NO8P/c1-3-5-7-9-10-11-12-13-14-15-16-17-18-19-20-21-22-23-24-25-26-27-28-29-30-31-32-33-34-35-36-37-38-39-40-41-42-44-46-48-55(58)64-53(52-63-65(59,60)62-50-49-56)51-61-54(57)47-45-43-8-6-4-2/h12-13,15-16,53H,3-11,14,17-52,56H2,1-2H3,(H,59,60)/b13-12-,16-15-. The number of nitrogens with two attached hydrogens (primary N) is 1. The minimum atomic E-state index is -4.36. The number of hydrogen-bond donors (Lipinski definition) is 2. The Balaban J connectivity index is 3.59. The third kappa shape index (κ3) is 51.7. The highest BCUT2D eigenvalue weighted by Crippen LogP contribution is 2.43. The predicted octanol–water partition coefficient (Wildman–Crippen LogP) is 17.1. The van der Waals surface area contributed by atoms with E-state index in [1.165, 1.54) is 199 Å². The maximum Gasteiger partial charge on any atom is 0.472 e. The zero-order valence-corrected chi connectivity index (χ0v) is 43.6. The van der Waals surface area contributed by atoms with Crippen molar-refractivity contribution in [1.29, 1.82) is 0 Å². The molecule has 0 amide bonds. The van der Waals surface area contributed by atoms with E-state index in [1.807, 2.05) is 0 Å². The maximum absolute atomic E-state index is 12.6. The van der Waals surface area contributed by atoms with Crippen molar-refractivity contribution in [2.24, 2.45) is 5.73 Å². The Bertz CT molecular complexity index is 1120. The van der Waals surface area contributed by atoms with Crippen molar-refractivity contribution >= 4 is 19.8 Å². The zero-order chi connectivity index (χ0) is 47.4. The summed E-state index contributed by atoms with van der Waals surface area (Å²) in [5.74, 6) is -0.830. The van der Waals surface area contributed by atoms with Crippen LogP contribution in [0.15, 0.2) is 24.3 Å². The van der Waals surface area contributed by atoms with Crippen LogP contribution in [-0.4, -0.2) is 49.3 Å². The van der Waals surface area contributed by atoms with Crippen LogP contribution >= 0.6 is 7.82 Å². The third-order valence-corrected chi connectivity index (χ3v) is 13.3. The fourth-order valence-corrected chi connectivity index (χ4v) is 8.96. The molecular formula is C55H106NO8P. The quantitative estimate of drug-likeness (QED) is 0.0264. The first-order valence-corrected chi connectivity index (χ1v) is 29.3. The molecule has 0 fully saturated rings. The lowest BCUT2D eigenvalue weighted by Gasteiger charge is -2.19. The highest BCUT2D eigenvalue weighted by molar-refractivity contribution is 7.47. The van der Waals surface area contributed by atoms with Gasteiger partial charge in [-0.25, -0.2) is 4.57 Å². The van der Waals surface area contributed by atoms with Gasteiger partial charge in [0.2, 0.25) is 0 Å². The molecule has 0 aliphatic heterocycles. The number of unbranched alkanes of at least 4 members (excludes halogenated alkanes) is 36. The molecule has 2 unspecified atom stereocenters. The molecule has 0 rings (SSSR count). The largest absolute Gasteiger partial charge is 0.472 e. The fraction of sp³-hybridized carbons (Fsp3) is 0.891. The van der Waals surface area contributed by atoms with Gasteiger partial charge in [-0.15, -0.1) is 0 Å². The molecule has 9 nitrogen and oxygen atoms in total. The highest BCUT2D eigenvalue weighted by atomic mass is 31.2. The van der Waals surface area contributed by atoms with Gasteiger partial charge in [0.1, 0.15) is 6.61 Å². The summed E-state index contributed by atoms with van der Waals surface area (Å²) in [5.41, 5.74) is 5.34. The van der Waals surface area contributed by atoms with Gasteiger partial charge in [-0.05, 0) is 44.9 Å². The van der Waals surface area contributed by atoms with E-state index in [4.69, 9.17) is 24.3 Å². The van der Waals surface area contributed by atoms with Gasteiger partial charge >= 0.3 is 19.8 Å². The summed E-state index contributed by atoms with van der Waals surface area (Å²) in [4.78, 5) is 34.6. The van der Waals surface area contributed by atoms with Gasteiger partial charge in [-0.2, -0.15) is 0 Å². The molecular weight excluding hydrogens is 834 g/mol. The fourth-order valence-electron chi connectivity index (χ4n) is 8.20. The summed E-state index contributed by atoms with van der Waals surface area (Å²) in [7, 11) is -4.36. The number of phosphoric acid groups is 1. The average molecular weight is 940 g/mol. The Labute approximate surface area is 402 Å². The van der Waals surface area contributed by atoms with Gasteiger partial charge in [0.25, 0.3) is 0 Å².